The maximum atomic E-state index is 11.1. The molecular formula is C7H16N2O3S. The summed E-state index contributed by atoms with van der Waals surface area (Å²) >= 11 is 0. The third-order valence-corrected chi connectivity index (χ3v) is 1.68. The Morgan fingerprint density at radius 1 is 1.31 bits per heavy atom. The number of nitrogens with one attached hydrogen (secondary N) is 2. The van der Waals surface area contributed by atoms with Gasteiger partial charge in [0.25, 0.3) is 0 Å². The Bertz CT molecular complexity index is 277. The van der Waals surface area contributed by atoms with Gasteiger partial charge >= 0.3 is 0 Å². The second kappa shape index (κ2) is 4.06. The number of amides is 1. The van der Waals surface area contributed by atoms with Crippen molar-refractivity contribution in [3.8, 4) is 0 Å². The lowest BCUT2D eigenvalue weighted by atomic mass is 10.1. The maximum Gasteiger partial charge on any atom is 0.235 e. The van der Waals surface area contributed by atoms with E-state index < -0.39 is 10.0 Å². The van der Waals surface area contributed by atoms with Gasteiger partial charge in [-0.05, 0) is 20.8 Å². The first kappa shape index (κ1) is 12.4. The number of rotatable bonds is 3. The van der Waals surface area contributed by atoms with Crippen LogP contribution in [-0.4, -0.2) is 32.7 Å². The van der Waals surface area contributed by atoms with Crippen LogP contribution in [0.5, 0.6) is 0 Å². The van der Waals surface area contributed by atoms with E-state index >= 15 is 0 Å². The Balaban J connectivity index is 3.92. The van der Waals surface area contributed by atoms with Crippen LogP contribution in [0.3, 0.4) is 0 Å². The Kier molecular flexibility index (Phi) is 3.87. The summed E-state index contributed by atoms with van der Waals surface area (Å²) in [6.45, 7) is 5.26. The molecule has 0 aromatic heterocycles. The molecule has 0 bridgehead atoms. The van der Waals surface area contributed by atoms with Crippen molar-refractivity contribution < 1.29 is 13.2 Å². The predicted octanol–water partition coefficient (Wildman–Crippen LogP) is -0.550. The molecule has 6 heteroatoms. The van der Waals surface area contributed by atoms with E-state index in [9.17, 15) is 13.2 Å². The summed E-state index contributed by atoms with van der Waals surface area (Å²) in [7, 11) is -3.29. The second-order valence-corrected chi connectivity index (χ2v) is 5.72. The molecule has 2 N–H and O–H groups in total. The van der Waals surface area contributed by atoms with E-state index in [1.807, 2.05) is 20.8 Å². The van der Waals surface area contributed by atoms with Gasteiger partial charge in [-0.3, -0.25) is 4.79 Å². The van der Waals surface area contributed by atoms with Gasteiger partial charge in [-0.2, -0.15) is 0 Å². The third-order valence-electron chi connectivity index (χ3n) is 1.01. The molecule has 0 aliphatic rings. The van der Waals surface area contributed by atoms with E-state index in [-0.39, 0.29) is 18.0 Å². The average Bonchev–Trinajstić information content (AvgIpc) is 1.78. The molecule has 78 valence electrons. The average molecular weight is 208 g/mol. The van der Waals surface area contributed by atoms with Crippen molar-refractivity contribution in [3.05, 3.63) is 0 Å². The van der Waals surface area contributed by atoms with Gasteiger partial charge in [0.05, 0.1) is 12.8 Å². The summed E-state index contributed by atoms with van der Waals surface area (Å²) in [5.74, 6) is -0.335. The normalized spacial score (nSPS) is 12.6. The highest BCUT2D eigenvalue weighted by atomic mass is 32.2. The standard InChI is InChI=1S/C7H16N2O3S/c1-7(2,3)9-6(10)5-8-13(4,11)12/h8H,5H2,1-4H3,(H,9,10). The van der Waals surface area contributed by atoms with Crippen molar-refractivity contribution in [2.24, 2.45) is 0 Å². The lowest BCUT2D eigenvalue weighted by molar-refractivity contribution is -0.121. The molecule has 13 heavy (non-hydrogen) atoms. The van der Waals surface area contributed by atoms with Gasteiger partial charge in [-0.1, -0.05) is 0 Å². The molecule has 5 nitrogen and oxygen atoms in total. The number of carbonyl (C=O) groups is 1. The molecule has 0 atom stereocenters. The summed E-state index contributed by atoms with van der Waals surface area (Å²) in [6.07, 6.45) is 1.01. The molecule has 0 aromatic rings. The van der Waals surface area contributed by atoms with E-state index in [1.165, 1.54) is 0 Å². The van der Waals surface area contributed by atoms with Crippen LogP contribution in [0.1, 0.15) is 20.8 Å². The Hall–Kier alpha value is -0.620. The van der Waals surface area contributed by atoms with Crippen molar-refractivity contribution in [1.29, 1.82) is 0 Å². The zero-order valence-electron chi connectivity index (χ0n) is 8.34. The summed E-state index contributed by atoms with van der Waals surface area (Å²) in [5, 5.41) is 2.63. The molecule has 0 aliphatic carbocycles. The second-order valence-electron chi connectivity index (χ2n) is 3.89. The van der Waals surface area contributed by atoms with Crippen molar-refractivity contribution >= 4 is 15.9 Å². The smallest absolute Gasteiger partial charge is 0.235 e. The summed E-state index contributed by atoms with van der Waals surface area (Å²) in [4.78, 5) is 11.1. The van der Waals surface area contributed by atoms with Crippen LogP contribution in [0.2, 0.25) is 0 Å². The minimum absolute atomic E-state index is 0.212. The SMILES string of the molecule is CC(C)(C)NC(=O)CNS(C)(=O)=O. The highest BCUT2D eigenvalue weighted by molar-refractivity contribution is 7.88. The van der Waals surface area contributed by atoms with E-state index in [4.69, 9.17) is 0 Å². The molecule has 0 aliphatic heterocycles. The zero-order valence-corrected chi connectivity index (χ0v) is 9.16. The maximum absolute atomic E-state index is 11.1. The first-order chi connectivity index (χ1) is 5.60. The molecule has 0 radical (unpaired) electrons. The van der Waals surface area contributed by atoms with Gasteiger partial charge in [0.1, 0.15) is 0 Å². The van der Waals surface area contributed by atoms with Gasteiger partial charge in [0.2, 0.25) is 15.9 Å². The fraction of sp³-hybridized carbons (Fsp3) is 0.857. The van der Waals surface area contributed by atoms with E-state index in [2.05, 4.69) is 10.0 Å². The third kappa shape index (κ3) is 9.29. The van der Waals surface area contributed by atoms with Gasteiger partial charge in [-0.15, -0.1) is 0 Å². The fourth-order valence-corrected chi connectivity index (χ4v) is 1.05. The molecular weight excluding hydrogens is 192 g/mol. The minimum atomic E-state index is -3.29. The summed E-state index contributed by atoms with van der Waals surface area (Å²) < 4.78 is 23.3. The highest BCUT2D eigenvalue weighted by Gasteiger charge is 2.14. The number of sulfonamides is 1. The van der Waals surface area contributed by atoms with Crippen molar-refractivity contribution in [2.45, 2.75) is 26.3 Å². The molecule has 1 amide bonds. The van der Waals surface area contributed by atoms with Crippen molar-refractivity contribution in [2.75, 3.05) is 12.8 Å². The molecule has 0 aromatic carbocycles. The van der Waals surface area contributed by atoms with Crippen molar-refractivity contribution in [3.63, 3.8) is 0 Å². The van der Waals surface area contributed by atoms with E-state index in [0.29, 0.717) is 0 Å². The van der Waals surface area contributed by atoms with Crippen molar-refractivity contribution in [1.82, 2.24) is 10.0 Å². The first-order valence-electron chi connectivity index (χ1n) is 3.86. The first-order valence-corrected chi connectivity index (χ1v) is 5.75. The Labute approximate surface area is 79.0 Å². The largest absolute Gasteiger partial charge is 0.350 e. The minimum Gasteiger partial charge on any atom is -0.350 e. The van der Waals surface area contributed by atoms with Gasteiger partial charge in [-0.25, -0.2) is 13.1 Å². The fourth-order valence-electron chi connectivity index (χ4n) is 0.659. The molecule has 0 saturated carbocycles. The summed E-state index contributed by atoms with van der Waals surface area (Å²) in [5.41, 5.74) is -0.337. The number of carbonyl (C=O) groups excluding carboxylic acids is 1. The monoisotopic (exact) mass is 208 g/mol. The number of hydrogen-bond donors (Lipinski definition) is 2. The van der Waals surface area contributed by atoms with Crippen LogP contribution in [0.15, 0.2) is 0 Å². The van der Waals surface area contributed by atoms with Crippen LogP contribution in [0, 0.1) is 0 Å². The quantitative estimate of drug-likeness (QED) is 0.653. The van der Waals surface area contributed by atoms with Gasteiger partial charge in [0.15, 0.2) is 0 Å². The Morgan fingerprint density at radius 2 is 1.77 bits per heavy atom. The van der Waals surface area contributed by atoms with Crippen LogP contribution >= 0.6 is 0 Å². The molecule has 0 unspecified atom stereocenters. The molecule has 0 rings (SSSR count). The van der Waals surface area contributed by atoms with Crippen LogP contribution in [-0.2, 0) is 14.8 Å². The van der Waals surface area contributed by atoms with Crippen LogP contribution in [0.25, 0.3) is 0 Å². The van der Waals surface area contributed by atoms with Crippen LogP contribution in [0.4, 0.5) is 0 Å². The molecule has 0 fully saturated rings. The highest BCUT2D eigenvalue weighted by Crippen LogP contribution is 1.97. The Morgan fingerprint density at radius 3 is 2.08 bits per heavy atom. The van der Waals surface area contributed by atoms with E-state index in [0.717, 1.165) is 6.26 Å². The lowest BCUT2D eigenvalue weighted by Crippen LogP contribution is -2.45. The summed E-state index contributed by atoms with van der Waals surface area (Å²) in [6, 6.07) is 0. The molecule has 0 heterocycles. The molecule has 0 saturated heterocycles. The topological polar surface area (TPSA) is 75.3 Å². The molecule has 0 spiro atoms. The zero-order chi connectivity index (χ0) is 10.7. The lowest BCUT2D eigenvalue weighted by Gasteiger charge is -2.20. The predicted molar refractivity (Wildman–Crippen MR) is 50.7 cm³/mol. The number of hydrogen-bond acceptors (Lipinski definition) is 3. The van der Waals surface area contributed by atoms with E-state index in [1.54, 1.807) is 0 Å². The van der Waals surface area contributed by atoms with Gasteiger partial charge in [0, 0.05) is 5.54 Å². The van der Waals surface area contributed by atoms with Crippen LogP contribution < -0.4 is 10.0 Å². The van der Waals surface area contributed by atoms with Gasteiger partial charge < -0.3 is 5.32 Å².